The van der Waals surface area contributed by atoms with E-state index in [1.807, 2.05) is 11.8 Å². The Labute approximate surface area is 116 Å². The zero-order valence-corrected chi connectivity index (χ0v) is 13.5. The predicted octanol–water partition coefficient (Wildman–Crippen LogP) is 1.53. The van der Waals surface area contributed by atoms with Crippen LogP contribution < -0.4 is 5.32 Å². The molecule has 0 saturated carbocycles. The van der Waals surface area contributed by atoms with Gasteiger partial charge in [0.15, 0.2) is 0 Å². The van der Waals surface area contributed by atoms with Crippen molar-refractivity contribution in [2.75, 3.05) is 25.4 Å². The molecule has 2 unspecified atom stereocenters. The summed E-state index contributed by atoms with van der Waals surface area (Å²) < 4.78 is 26.1. The average Bonchev–Trinajstić information content (AvgIpc) is 2.23. The average molecular weight is 294 g/mol. The Kier molecular flexibility index (Phi) is 6.44. The SMILES string of the molecule is CC(C)NCCCS(=O)(=O)N1CC(C)SC(C)C1. The van der Waals surface area contributed by atoms with Gasteiger partial charge in [-0.1, -0.05) is 27.7 Å². The van der Waals surface area contributed by atoms with E-state index < -0.39 is 10.0 Å². The molecule has 0 bridgehead atoms. The van der Waals surface area contributed by atoms with Crippen LogP contribution in [-0.4, -0.2) is 54.7 Å². The van der Waals surface area contributed by atoms with Crippen LogP contribution in [0.5, 0.6) is 0 Å². The first-order chi connectivity index (χ1) is 8.31. The minimum atomic E-state index is -3.07. The highest BCUT2D eigenvalue weighted by Crippen LogP contribution is 2.26. The van der Waals surface area contributed by atoms with Crippen molar-refractivity contribution >= 4 is 21.8 Å². The van der Waals surface area contributed by atoms with Gasteiger partial charge < -0.3 is 5.32 Å². The van der Waals surface area contributed by atoms with Crippen LogP contribution in [0, 0.1) is 0 Å². The lowest BCUT2D eigenvalue weighted by Crippen LogP contribution is -2.45. The fourth-order valence-electron chi connectivity index (χ4n) is 2.13. The van der Waals surface area contributed by atoms with Crippen LogP contribution in [0.15, 0.2) is 0 Å². The molecule has 4 nitrogen and oxygen atoms in total. The van der Waals surface area contributed by atoms with Crippen molar-refractivity contribution in [1.29, 1.82) is 0 Å². The standard InChI is InChI=1S/C12H26N2O2S2/c1-10(2)13-6-5-7-18(15,16)14-8-11(3)17-12(4)9-14/h10-13H,5-9H2,1-4H3. The molecule has 1 rings (SSSR count). The van der Waals surface area contributed by atoms with Crippen molar-refractivity contribution in [3.05, 3.63) is 0 Å². The summed E-state index contributed by atoms with van der Waals surface area (Å²) in [6.45, 7) is 10.4. The van der Waals surface area contributed by atoms with E-state index in [2.05, 4.69) is 33.0 Å². The molecule has 0 aromatic rings. The molecule has 18 heavy (non-hydrogen) atoms. The van der Waals surface area contributed by atoms with Crippen molar-refractivity contribution in [3.63, 3.8) is 0 Å². The molecule has 0 aromatic heterocycles. The summed E-state index contributed by atoms with van der Waals surface area (Å²) in [4.78, 5) is 0. The van der Waals surface area contributed by atoms with Crippen molar-refractivity contribution in [3.8, 4) is 0 Å². The predicted molar refractivity (Wildman–Crippen MR) is 79.6 cm³/mol. The highest BCUT2D eigenvalue weighted by Gasteiger charge is 2.30. The number of rotatable bonds is 6. The zero-order chi connectivity index (χ0) is 13.8. The smallest absolute Gasteiger partial charge is 0.214 e. The minimum absolute atomic E-state index is 0.261. The van der Waals surface area contributed by atoms with Crippen LogP contribution in [0.3, 0.4) is 0 Å². The van der Waals surface area contributed by atoms with Gasteiger partial charge in [0, 0.05) is 29.6 Å². The fourth-order valence-corrected chi connectivity index (χ4v) is 5.31. The second kappa shape index (κ2) is 7.12. The van der Waals surface area contributed by atoms with E-state index in [9.17, 15) is 8.42 Å². The quantitative estimate of drug-likeness (QED) is 0.755. The van der Waals surface area contributed by atoms with Crippen LogP contribution in [0.2, 0.25) is 0 Å². The Morgan fingerprint density at radius 2 is 1.83 bits per heavy atom. The molecule has 0 radical (unpaired) electrons. The van der Waals surface area contributed by atoms with Crippen molar-refractivity contribution in [2.24, 2.45) is 0 Å². The second-order valence-corrected chi connectivity index (χ2v) is 9.32. The Hall–Kier alpha value is 0.220. The number of sulfonamides is 1. The monoisotopic (exact) mass is 294 g/mol. The first-order valence-electron chi connectivity index (χ1n) is 6.68. The fraction of sp³-hybridized carbons (Fsp3) is 1.00. The van der Waals surface area contributed by atoms with Crippen LogP contribution >= 0.6 is 11.8 Å². The van der Waals surface area contributed by atoms with Crippen LogP contribution in [0.25, 0.3) is 0 Å². The van der Waals surface area contributed by atoms with Gasteiger partial charge >= 0.3 is 0 Å². The Morgan fingerprint density at radius 1 is 1.28 bits per heavy atom. The maximum absolute atomic E-state index is 12.2. The number of hydrogen-bond donors (Lipinski definition) is 1. The van der Waals surface area contributed by atoms with Crippen molar-refractivity contribution in [1.82, 2.24) is 9.62 Å². The summed E-state index contributed by atoms with van der Waals surface area (Å²) >= 11 is 1.87. The van der Waals surface area contributed by atoms with Crippen molar-refractivity contribution < 1.29 is 8.42 Å². The van der Waals surface area contributed by atoms with Gasteiger partial charge in [-0.25, -0.2) is 8.42 Å². The summed E-state index contributed by atoms with van der Waals surface area (Å²) in [5.74, 6) is 0.261. The van der Waals surface area contributed by atoms with Gasteiger partial charge in [0.2, 0.25) is 10.0 Å². The lowest BCUT2D eigenvalue weighted by Gasteiger charge is -2.33. The molecule has 6 heteroatoms. The van der Waals surface area contributed by atoms with Gasteiger partial charge in [-0.2, -0.15) is 16.1 Å². The van der Waals surface area contributed by atoms with Gasteiger partial charge in [0.25, 0.3) is 0 Å². The second-order valence-electron chi connectivity index (χ2n) is 5.35. The molecule has 1 aliphatic rings. The van der Waals surface area contributed by atoms with Gasteiger partial charge in [0.1, 0.15) is 0 Å². The van der Waals surface area contributed by atoms with Gasteiger partial charge in [0.05, 0.1) is 5.75 Å². The highest BCUT2D eigenvalue weighted by molar-refractivity contribution is 8.00. The normalized spacial score (nSPS) is 26.7. The maximum atomic E-state index is 12.2. The molecule has 0 aliphatic carbocycles. The van der Waals surface area contributed by atoms with E-state index in [4.69, 9.17) is 0 Å². The third kappa shape index (κ3) is 5.47. The van der Waals surface area contributed by atoms with Crippen molar-refractivity contribution in [2.45, 2.75) is 50.7 Å². The number of nitrogens with one attached hydrogen (secondary N) is 1. The Morgan fingerprint density at radius 3 is 2.33 bits per heavy atom. The molecule has 1 saturated heterocycles. The van der Waals surface area contributed by atoms with E-state index in [0.717, 1.165) is 6.54 Å². The molecule has 2 atom stereocenters. The third-order valence-corrected chi connectivity index (χ3v) is 6.03. The third-order valence-electron chi connectivity index (χ3n) is 2.91. The van der Waals surface area contributed by atoms with E-state index in [-0.39, 0.29) is 5.75 Å². The number of thioether (sulfide) groups is 1. The van der Waals surface area contributed by atoms with E-state index >= 15 is 0 Å². The minimum Gasteiger partial charge on any atom is -0.314 e. The number of hydrogen-bond acceptors (Lipinski definition) is 4. The summed E-state index contributed by atoms with van der Waals surface area (Å²) in [5.41, 5.74) is 0. The molecule has 1 N–H and O–H groups in total. The van der Waals surface area contributed by atoms with Crippen LogP contribution in [0.4, 0.5) is 0 Å². The zero-order valence-electron chi connectivity index (χ0n) is 11.8. The lowest BCUT2D eigenvalue weighted by molar-refractivity contribution is 0.403. The van der Waals surface area contributed by atoms with E-state index in [1.54, 1.807) is 4.31 Å². The summed E-state index contributed by atoms with van der Waals surface area (Å²) in [6, 6.07) is 0.416. The Bertz CT molecular complexity index is 334. The van der Waals surface area contributed by atoms with Crippen LogP contribution in [0.1, 0.15) is 34.1 Å². The maximum Gasteiger partial charge on any atom is 0.214 e. The molecule has 0 spiro atoms. The molecule has 108 valence electrons. The molecular formula is C12H26N2O2S2. The highest BCUT2D eigenvalue weighted by atomic mass is 32.2. The van der Waals surface area contributed by atoms with Gasteiger partial charge in [-0.05, 0) is 13.0 Å². The number of nitrogens with zero attached hydrogens (tertiary/aromatic N) is 1. The summed E-state index contributed by atoms with van der Waals surface area (Å²) in [6.07, 6.45) is 0.687. The topological polar surface area (TPSA) is 49.4 Å². The van der Waals surface area contributed by atoms with Crippen LogP contribution in [-0.2, 0) is 10.0 Å². The summed E-state index contributed by atoms with van der Waals surface area (Å²) in [7, 11) is -3.07. The Balaban J connectivity index is 2.42. The molecule has 0 amide bonds. The largest absolute Gasteiger partial charge is 0.314 e. The first kappa shape index (κ1) is 16.3. The van der Waals surface area contributed by atoms with Gasteiger partial charge in [-0.3, -0.25) is 0 Å². The summed E-state index contributed by atoms with van der Waals surface area (Å²) in [5, 5.41) is 4.05. The molecule has 1 aliphatic heterocycles. The first-order valence-corrected chi connectivity index (χ1v) is 9.23. The molecular weight excluding hydrogens is 268 g/mol. The van der Waals surface area contributed by atoms with Gasteiger partial charge in [-0.15, -0.1) is 0 Å². The lowest BCUT2D eigenvalue weighted by atomic mass is 10.4. The molecule has 1 fully saturated rings. The molecule has 0 aromatic carbocycles. The molecule has 1 heterocycles. The van der Waals surface area contributed by atoms with E-state index in [0.29, 0.717) is 36.1 Å². The van der Waals surface area contributed by atoms with E-state index in [1.165, 1.54) is 0 Å².